The van der Waals surface area contributed by atoms with Crippen molar-refractivity contribution in [1.82, 2.24) is 9.55 Å². The number of non-ortho nitro benzene ring substituents is 1. The van der Waals surface area contributed by atoms with Crippen LogP contribution in [-0.2, 0) is 5.75 Å². The van der Waals surface area contributed by atoms with Crippen LogP contribution in [-0.4, -0.2) is 21.6 Å². The normalized spacial score (nSPS) is 11.0. The second-order valence-electron chi connectivity index (χ2n) is 6.36. The van der Waals surface area contributed by atoms with E-state index in [0.717, 1.165) is 16.8 Å². The standard InChI is InChI=1S/C21H15Cl2N3O3S/c1-29-20-5-3-2-4-19(20)25-18-9-8-15(26(27)28)11-17(18)24-21(25)30-12-13-6-7-14(22)10-16(13)23/h2-11H,12H2,1H3. The maximum absolute atomic E-state index is 11.2. The Kier molecular flexibility index (Phi) is 5.85. The molecule has 0 aliphatic heterocycles. The minimum atomic E-state index is -0.429. The van der Waals surface area contributed by atoms with E-state index in [2.05, 4.69) is 4.98 Å². The summed E-state index contributed by atoms with van der Waals surface area (Å²) in [6.45, 7) is 0. The molecule has 0 amide bonds. The van der Waals surface area contributed by atoms with Gasteiger partial charge >= 0.3 is 0 Å². The van der Waals surface area contributed by atoms with Gasteiger partial charge in [0, 0.05) is 27.9 Å². The van der Waals surface area contributed by atoms with Crippen LogP contribution in [0.2, 0.25) is 10.0 Å². The maximum Gasteiger partial charge on any atom is 0.271 e. The zero-order valence-corrected chi connectivity index (χ0v) is 18.0. The lowest BCUT2D eigenvalue weighted by atomic mass is 10.2. The maximum atomic E-state index is 11.2. The summed E-state index contributed by atoms with van der Waals surface area (Å²) < 4.78 is 7.47. The molecule has 0 saturated heterocycles. The molecule has 1 aromatic heterocycles. The molecule has 1 heterocycles. The van der Waals surface area contributed by atoms with E-state index in [1.54, 1.807) is 25.3 Å². The highest BCUT2D eigenvalue weighted by atomic mass is 35.5. The lowest BCUT2D eigenvalue weighted by Gasteiger charge is -2.13. The van der Waals surface area contributed by atoms with Crippen molar-refractivity contribution in [3.05, 3.63) is 86.4 Å². The molecule has 0 atom stereocenters. The van der Waals surface area contributed by atoms with Crippen LogP contribution in [0.3, 0.4) is 0 Å². The number of fused-ring (bicyclic) bond motifs is 1. The molecule has 30 heavy (non-hydrogen) atoms. The van der Waals surface area contributed by atoms with Crippen LogP contribution < -0.4 is 4.74 Å². The topological polar surface area (TPSA) is 70.2 Å². The molecule has 0 bridgehead atoms. The zero-order chi connectivity index (χ0) is 21.3. The summed E-state index contributed by atoms with van der Waals surface area (Å²) in [5.74, 6) is 1.22. The number of thioether (sulfide) groups is 1. The van der Waals surface area contributed by atoms with Crippen molar-refractivity contribution in [1.29, 1.82) is 0 Å². The number of imidazole rings is 1. The molecule has 0 saturated carbocycles. The minimum absolute atomic E-state index is 0.00975. The second-order valence-corrected chi connectivity index (χ2v) is 8.14. The van der Waals surface area contributed by atoms with Crippen molar-refractivity contribution in [2.75, 3.05) is 7.11 Å². The summed E-state index contributed by atoms with van der Waals surface area (Å²) in [6.07, 6.45) is 0. The number of nitrogens with zero attached hydrogens (tertiary/aromatic N) is 3. The first kappa shape index (κ1) is 20.5. The molecule has 0 aliphatic carbocycles. The number of methoxy groups -OCH3 is 1. The third-order valence-corrected chi connectivity index (χ3v) is 6.09. The van der Waals surface area contributed by atoms with E-state index >= 15 is 0 Å². The van der Waals surface area contributed by atoms with Gasteiger partial charge in [0.05, 0.1) is 28.8 Å². The summed E-state index contributed by atoms with van der Waals surface area (Å²) in [7, 11) is 1.60. The molecule has 0 aliphatic rings. The molecule has 6 nitrogen and oxygen atoms in total. The molecule has 9 heteroatoms. The van der Waals surface area contributed by atoms with Gasteiger partial charge in [-0.2, -0.15) is 0 Å². The predicted octanol–water partition coefficient (Wildman–Crippen LogP) is 6.54. The van der Waals surface area contributed by atoms with E-state index < -0.39 is 4.92 Å². The van der Waals surface area contributed by atoms with Crippen LogP contribution in [0.5, 0.6) is 5.75 Å². The average molecular weight is 460 g/mol. The first-order valence-electron chi connectivity index (χ1n) is 8.85. The fraction of sp³-hybridized carbons (Fsp3) is 0.0952. The van der Waals surface area contributed by atoms with Crippen LogP contribution in [0, 0.1) is 10.1 Å². The lowest BCUT2D eigenvalue weighted by Crippen LogP contribution is -2.00. The number of halogens is 2. The van der Waals surface area contributed by atoms with Crippen molar-refractivity contribution >= 4 is 51.7 Å². The van der Waals surface area contributed by atoms with E-state index in [1.165, 1.54) is 23.9 Å². The van der Waals surface area contributed by atoms with Gasteiger partial charge in [-0.25, -0.2) is 4.98 Å². The number of hydrogen-bond acceptors (Lipinski definition) is 5. The van der Waals surface area contributed by atoms with Gasteiger partial charge < -0.3 is 4.74 Å². The molecule has 4 rings (SSSR count). The molecular weight excluding hydrogens is 445 g/mol. The highest BCUT2D eigenvalue weighted by Gasteiger charge is 2.19. The third kappa shape index (κ3) is 3.96. The number of rotatable bonds is 6. The summed E-state index contributed by atoms with van der Waals surface area (Å²) in [6, 6.07) is 17.6. The number of nitro benzene ring substituents is 1. The van der Waals surface area contributed by atoms with Gasteiger partial charge in [0.2, 0.25) is 0 Å². The van der Waals surface area contributed by atoms with Crippen LogP contribution >= 0.6 is 35.0 Å². The Morgan fingerprint density at radius 1 is 1.13 bits per heavy atom. The lowest BCUT2D eigenvalue weighted by molar-refractivity contribution is -0.384. The molecule has 152 valence electrons. The Morgan fingerprint density at radius 3 is 2.67 bits per heavy atom. The van der Waals surface area contributed by atoms with Gasteiger partial charge in [0.1, 0.15) is 5.75 Å². The van der Waals surface area contributed by atoms with Crippen LogP contribution in [0.4, 0.5) is 5.69 Å². The monoisotopic (exact) mass is 459 g/mol. The van der Waals surface area contributed by atoms with E-state index in [4.69, 9.17) is 27.9 Å². The van der Waals surface area contributed by atoms with Gasteiger partial charge in [-0.15, -0.1) is 0 Å². The fourth-order valence-electron chi connectivity index (χ4n) is 3.09. The Morgan fingerprint density at radius 2 is 1.93 bits per heavy atom. The Hall–Kier alpha value is -2.74. The SMILES string of the molecule is COc1ccccc1-n1c(SCc2ccc(Cl)cc2Cl)nc2cc([N+](=O)[O-])ccc21. The fourth-order valence-corrected chi connectivity index (χ4v) is 4.66. The summed E-state index contributed by atoms with van der Waals surface area (Å²) in [4.78, 5) is 15.4. The van der Waals surface area contributed by atoms with Crippen molar-refractivity contribution < 1.29 is 9.66 Å². The molecule has 0 fully saturated rings. The van der Waals surface area contributed by atoms with Gasteiger partial charge in [0.25, 0.3) is 5.69 Å². The molecular formula is C21H15Cl2N3O3S. The number of ether oxygens (including phenoxy) is 1. The quantitative estimate of drug-likeness (QED) is 0.186. The second kappa shape index (κ2) is 8.55. The summed E-state index contributed by atoms with van der Waals surface area (Å²) in [5.41, 5.74) is 2.97. The highest BCUT2D eigenvalue weighted by Crippen LogP contribution is 2.36. The van der Waals surface area contributed by atoms with Gasteiger partial charge in [0.15, 0.2) is 5.16 Å². The molecule has 0 radical (unpaired) electrons. The minimum Gasteiger partial charge on any atom is -0.495 e. The first-order chi connectivity index (χ1) is 14.5. The average Bonchev–Trinajstić information content (AvgIpc) is 3.10. The van der Waals surface area contributed by atoms with Gasteiger partial charge in [-0.05, 0) is 35.9 Å². The van der Waals surface area contributed by atoms with E-state index in [9.17, 15) is 10.1 Å². The van der Waals surface area contributed by atoms with E-state index in [-0.39, 0.29) is 5.69 Å². The number of nitro groups is 1. The van der Waals surface area contributed by atoms with Crippen LogP contribution in [0.25, 0.3) is 16.7 Å². The Balaban J connectivity index is 1.83. The van der Waals surface area contributed by atoms with Gasteiger partial charge in [-0.1, -0.05) is 53.2 Å². The van der Waals surface area contributed by atoms with E-state index in [0.29, 0.717) is 32.2 Å². The van der Waals surface area contributed by atoms with E-state index in [1.807, 2.05) is 34.9 Å². The highest BCUT2D eigenvalue weighted by molar-refractivity contribution is 7.98. The summed E-state index contributed by atoms with van der Waals surface area (Å²) >= 11 is 13.8. The van der Waals surface area contributed by atoms with Crippen LogP contribution in [0.1, 0.15) is 5.56 Å². The molecule has 0 spiro atoms. The Labute approximate surface area is 186 Å². The van der Waals surface area contributed by atoms with Crippen LogP contribution in [0.15, 0.2) is 65.8 Å². The third-order valence-electron chi connectivity index (χ3n) is 4.52. The predicted molar refractivity (Wildman–Crippen MR) is 120 cm³/mol. The summed E-state index contributed by atoms with van der Waals surface area (Å²) in [5, 5.41) is 13.0. The molecule has 3 aromatic carbocycles. The smallest absolute Gasteiger partial charge is 0.271 e. The number of benzene rings is 3. The largest absolute Gasteiger partial charge is 0.495 e. The molecule has 4 aromatic rings. The van der Waals surface area contributed by atoms with Crippen molar-refractivity contribution in [3.63, 3.8) is 0 Å². The molecule has 0 N–H and O–H groups in total. The Bertz CT molecular complexity index is 1260. The number of para-hydroxylation sites is 2. The zero-order valence-electron chi connectivity index (χ0n) is 15.7. The van der Waals surface area contributed by atoms with Crippen molar-refractivity contribution in [2.45, 2.75) is 10.9 Å². The van der Waals surface area contributed by atoms with Crippen molar-refractivity contribution in [3.8, 4) is 11.4 Å². The van der Waals surface area contributed by atoms with Gasteiger partial charge in [-0.3, -0.25) is 14.7 Å². The number of hydrogen-bond donors (Lipinski definition) is 0. The number of aromatic nitrogens is 2. The molecule has 0 unspecified atom stereocenters. The van der Waals surface area contributed by atoms with Crippen molar-refractivity contribution in [2.24, 2.45) is 0 Å². The first-order valence-corrected chi connectivity index (χ1v) is 10.6.